The highest BCUT2D eigenvalue weighted by Crippen LogP contribution is 2.21. The minimum atomic E-state index is -0.794. The second kappa shape index (κ2) is 11.4. The van der Waals surface area contributed by atoms with Crippen molar-refractivity contribution in [1.82, 2.24) is 9.80 Å². The Morgan fingerprint density at radius 2 is 1.64 bits per heavy atom. The van der Waals surface area contributed by atoms with Crippen molar-refractivity contribution in [3.63, 3.8) is 0 Å². The number of likely N-dealkylation sites (tertiary alicyclic amines) is 2. The molecule has 0 bridgehead atoms. The molecule has 2 heterocycles. The molecular weight excluding hydrogens is 360 g/mol. The Labute approximate surface area is 165 Å². The minimum Gasteiger partial charge on any atom is -0.483 e. The average Bonchev–Trinajstić information content (AvgIpc) is 3.11. The lowest BCUT2D eigenvalue weighted by molar-refractivity contribution is -0.136. The molecule has 28 heavy (non-hydrogen) atoms. The van der Waals surface area contributed by atoms with Crippen LogP contribution in [0.4, 0.5) is 0 Å². The second-order valence-electron chi connectivity index (χ2n) is 7.53. The minimum absolute atomic E-state index is 0.0795. The van der Waals surface area contributed by atoms with Crippen molar-refractivity contribution < 1.29 is 24.6 Å². The maximum atomic E-state index is 12.4. The van der Waals surface area contributed by atoms with Crippen molar-refractivity contribution in [2.24, 2.45) is 5.92 Å². The van der Waals surface area contributed by atoms with Gasteiger partial charge in [-0.15, -0.1) is 0 Å². The summed E-state index contributed by atoms with van der Waals surface area (Å²) in [6.07, 6.45) is 5.75. The third kappa shape index (κ3) is 7.31. The Kier molecular flexibility index (Phi) is 8.94. The first-order chi connectivity index (χ1) is 13.5. The quantitative estimate of drug-likeness (QED) is 0.720. The summed E-state index contributed by atoms with van der Waals surface area (Å²) in [4.78, 5) is 35.8. The molecule has 1 unspecified atom stereocenters. The molecule has 2 aliphatic rings. The zero-order valence-corrected chi connectivity index (χ0v) is 16.3. The summed E-state index contributed by atoms with van der Waals surface area (Å²) in [7, 11) is 0. The Morgan fingerprint density at radius 1 is 1.04 bits per heavy atom. The van der Waals surface area contributed by atoms with Gasteiger partial charge in [-0.3, -0.25) is 19.3 Å². The van der Waals surface area contributed by atoms with Crippen LogP contribution in [0.3, 0.4) is 0 Å². The van der Waals surface area contributed by atoms with Crippen molar-refractivity contribution >= 4 is 18.3 Å². The second-order valence-corrected chi connectivity index (χ2v) is 7.53. The Morgan fingerprint density at radius 3 is 2.25 bits per heavy atom. The number of nitrogens with zero attached hydrogens (tertiary/aromatic N) is 2. The van der Waals surface area contributed by atoms with Crippen LogP contribution in [0.2, 0.25) is 0 Å². The van der Waals surface area contributed by atoms with E-state index in [-0.39, 0.29) is 12.9 Å². The molecule has 1 atom stereocenters. The van der Waals surface area contributed by atoms with Gasteiger partial charge in [-0.25, -0.2) is 0 Å². The van der Waals surface area contributed by atoms with Gasteiger partial charge in [0.2, 0.25) is 5.91 Å². The summed E-state index contributed by atoms with van der Waals surface area (Å²) in [6, 6.07) is 7.91. The van der Waals surface area contributed by atoms with Crippen LogP contribution in [-0.2, 0) is 27.2 Å². The van der Waals surface area contributed by atoms with Gasteiger partial charge in [0.05, 0.1) is 13.0 Å². The molecule has 2 fully saturated rings. The zero-order valence-electron chi connectivity index (χ0n) is 16.3. The van der Waals surface area contributed by atoms with E-state index >= 15 is 0 Å². The van der Waals surface area contributed by atoms with E-state index in [9.17, 15) is 9.59 Å². The zero-order chi connectivity index (χ0) is 20.4. The van der Waals surface area contributed by atoms with Gasteiger partial charge < -0.3 is 15.1 Å². The number of hydrogen-bond acceptors (Lipinski definition) is 4. The van der Waals surface area contributed by atoms with Gasteiger partial charge in [0.15, 0.2) is 0 Å². The number of aliphatic carboxylic acids is 1. The molecule has 1 aromatic rings. The topological polar surface area (TPSA) is 98.2 Å². The molecule has 7 heteroatoms. The summed E-state index contributed by atoms with van der Waals surface area (Å²) < 4.78 is 0. The molecule has 2 saturated heterocycles. The maximum Gasteiger partial charge on any atom is 0.307 e. The number of carbonyl (C=O) groups is 3. The van der Waals surface area contributed by atoms with Crippen LogP contribution in [-0.4, -0.2) is 71.1 Å². The third-order valence-corrected chi connectivity index (χ3v) is 5.34. The Bertz CT molecular complexity index is 641. The first-order valence-electron chi connectivity index (χ1n) is 9.89. The van der Waals surface area contributed by atoms with Gasteiger partial charge in [0.1, 0.15) is 0 Å². The highest BCUT2D eigenvalue weighted by molar-refractivity contribution is 5.78. The number of piperidine rings is 1. The van der Waals surface area contributed by atoms with Crippen LogP contribution in [0.1, 0.15) is 36.8 Å². The molecule has 7 nitrogen and oxygen atoms in total. The third-order valence-electron chi connectivity index (χ3n) is 5.34. The lowest BCUT2D eigenvalue weighted by Gasteiger charge is -2.28. The molecule has 1 amide bonds. The van der Waals surface area contributed by atoms with E-state index in [2.05, 4.69) is 4.90 Å². The van der Waals surface area contributed by atoms with Crippen LogP contribution < -0.4 is 0 Å². The van der Waals surface area contributed by atoms with Gasteiger partial charge in [-0.2, -0.15) is 0 Å². The van der Waals surface area contributed by atoms with Gasteiger partial charge in [0, 0.05) is 19.6 Å². The van der Waals surface area contributed by atoms with E-state index in [1.165, 1.54) is 12.0 Å². The van der Waals surface area contributed by atoms with E-state index in [1.807, 2.05) is 29.2 Å². The SMILES string of the molecule is O=C(O)Cc1ccc(CC2CCN(CC(=O)N3CCCCC3)C2)cc1.O=CO. The first-order valence-corrected chi connectivity index (χ1v) is 9.89. The van der Waals surface area contributed by atoms with Crippen molar-refractivity contribution in [3.8, 4) is 0 Å². The van der Waals surface area contributed by atoms with E-state index in [1.54, 1.807) is 0 Å². The van der Waals surface area contributed by atoms with Gasteiger partial charge in [-0.05, 0) is 55.7 Å². The number of rotatable bonds is 6. The number of benzene rings is 1. The number of carboxylic acids is 1. The molecule has 0 saturated carbocycles. The molecule has 154 valence electrons. The average molecular weight is 390 g/mol. The van der Waals surface area contributed by atoms with Crippen LogP contribution in [0.25, 0.3) is 0 Å². The first kappa shape index (κ1) is 21.9. The highest BCUT2D eigenvalue weighted by Gasteiger charge is 2.26. The summed E-state index contributed by atoms with van der Waals surface area (Å²) in [5, 5.41) is 15.7. The van der Waals surface area contributed by atoms with E-state index in [4.69, 9.17) is 15.0 Å². The molecular formula is C21H30N2O5. The summed E-state index contributed by atoms with van der Waals surface area (Å²) in [5.41, 5.74) is 2.10. The highest BCUT2D eigenvalue weighted by atomic mass is 16.4. The smallest absolute Gasteiger partial charge is 0.307 e. The van der Waals surface area contributed by atoms with Crippen molar-refractivity contribution in [2.75, 3.05) is 32.7 Å². The van der Waals surface area contributed by atoms with Gasteiger partial charge in [-0.1, -0.05) is 24.3 Å². The number of carboxylic acid groups (broad SMARTS) is 2. The maximum absolute atomic E-state index is 12.4. The van der Waals surface area contributed by atoms with Crippen LogP contribution in [0, 0.1) is 5.92 Å². The fourth-order valence-electron chi connectivity index (χ4n) is 3.96. The molecule has 1 aromatic carbocycles. The predicted octanol–water partition coefficient (Wildman–Crippen LogP) is 1.89. The summed E-state index contributed by atoms with van der Waals surface area (Å²) in [5.74, 6) is 0.0791. The molecule has 0 radical (unpaired) electrons. The van der Waals surface area contributed by atoms with Crippen molar-refractivity contribution in [3.05, 3.63) is 35.4 Å². The monoisotopic (exact) mass is 390 g/mol. The van der Waals surface area contributed by atoms with E-state index < -0.39 is 5.97 Å². The lowest BCUT2D eigenvalue weighted by atomic mass is 9.97. The van der Waals surface area contributed by atoms with E-state index in [0.29, 0.717) is 18.4 Å². The largest absolute Gasteiger partial charge is 0.483 e. The predicted molar refractivity (Wildman–Crippen MR) is 105 cm³/mol. The summed E-state index contributed by atoms with van der Waals surface area (Å²) in [6.45, 7) is 4.16. The Hall–Kier alpha value is -2.41. The fourth-order valence-corrected chi connectivity index (χ4v) is 3.96. The van der Waals surface area contributed by atoms with Crippen LogP contribution in [0.5, 0.6) is 0 Å². The number of carbonyl (C=O) groups excluding carboxylic acids is 1. The fraction of sp³-hybridized carbons (Fsp3) is 0.571. The molecule has 0 spiro atoms. The van der Waals surface area contributed by atoms with Crippen LogP contribution in [0.15, 0.2) is 24.3 Å². The molecule has 0 aromatic heterocycles. The molecule has 3 rings (SSSR count). The van der Waals surface area contributed by atoms with Crippen LogP contribution >= 0.6 is 0 Å². The number of hydrogen-bond donors (Lipinski definition) is 2. The van der Waals surface area contributed by atoms with E-state index in [0.717, 1.165) is 57.4 Å². The van der Waals surface area contributed by atoms with Crippen molar-refractivity contribution in [2.45, 2.75) is 38.5 Å². The molecule has 2 N–H and O–H groups in total. The van der Waals surface area contributed by atoms with Gasteiger partial charge >= 0.3 is 5.97 Å². The normalized spacial score (nSPS) is 19.6. The lowest BCUT2D eigenvalue weighted by Crippen LogP contribution is -2.42. The van der Waals surface area contributed by atoms with Gasteiger partial charge in [0.25, 0.3) is 6.47 Å². The molecule has 0 aliphatic carbocycles. The number of amides is 1. The summed E-state index contributed by atoms with van der Waals surface area (Å²) >= 11 is 0. The molecule has 2 aliphatic heterocycles. The van der Waals surface area contributed by atoms with Crippen molar-refractivity contribution in [1.29, 1.82) is 0 Å². The Balaban J connectivity index is 0.000000878. The standard InChI is InChI=1S/C20H28N2O3.CH2O2/c23-19(22-9-2-1-3-10-22)15-21-11-8-18(14-21)12-16-4-6-17(7-5-16)13-20(24)25;2-1-3/h4-7,18H,1-3,8-15H2,(H,24,25);1H,(H,2,3).